The van der Waals surface area contributed by atoms with Crippen LogP contribution in [0.4, 0.5) is 5.69 Å². The maximum Gasteiger partial charge on any atom is 0.253 e. The number of nitrogen functional groups attached to an aromatic ring is 1. The summed E-state index contributed by atoms with van der Waals surface area (Å²) in [5.41, 5.74) is 7.07. The fourth-order valence-electron chi connectivity index (χ4n) is 1.87. The van der Waals surface area contributed by atoms with Crippen molar-refractivity contribution in [3.05, 3.63) is 29.8 Å². The van der Waals surface area contributed by atoms with E-state index in [1.807, 2.05) is 17.0 Å². The van der Waals surface area contributed by atoms with Gasteiger partial charge < -0.3 is 10.6 Å². The minimum Gasteiger partial charge on any atom is -0.399 e. The first-order valence-electron chi connectivity index (χ1n) is 6.83. The van der Waals surface area contributed by atoms with E-state index >= 15 is 0 Å². The zero-order valence-corrected chi connectivity index (χ0v) is 12.7. The summed E-state index contributed by atoms with van der Waals surface area (Å²) in [6.45, 7) is 5.96. The number of carbonyl (C=O) groups excluding carboxylic acids is 1. The van der Waals surface area contributed by atoms with Crippen LogP contribution in [0.1, 0.15) is 49.9 Å². The molecule has 0 aliphatic rings. The van der Waals surface area contributed by atoms with Gasteiger partial charge in [-0.2, -0.15) is 0 Å². The summed E-state index contributed by atoms with van der Waals surface area (Å²) in [7, 11) is 0. The number of nitrogens with zero attached hydrogens (tertiary/aromatic N) is 1. The highest BCUT2D eigenvalue weighted by Gasteiger charge is 2.14. The van der Waals surface area contributed by atoms with Gasteiger partial charge in [0.1, 0.15) is 0 Å². The molecule has 0 saturated carbocycles. The molecule has 19 heavy (non-hydrogen) atoms. The van der Waals surface area contributed by atoms with E-state index in [1.165, 1.54) is 0 Å². The van der Waals surface area contributed by atoms with Crippen molar-refractivity contribution in [3.63, 3.8) is 0 Å². The van der Waals surface area contributed by atoms with Gasteiger partial charge in [0.25, 0.3) is 5.91 Å². The number of hydrogen-bond acceptors (Lipinski definition) is 2. The maximum atomic E-state index is 12.4. The van der Waals surface area contributed by atoms with E-state index in [4.69, 9.17) is 5.73 Å². The Morgan fingerprint density at radius 3 is 2.21 bits per heavy atom. The molecule has 0 saturated heterocycles. The molecule has 108 valence electrons. The SMILES string of the molecule is CCCCN(CCCC)C(=O)c1cccc(N)c1.Cl. The molecule has 1 aromatic carbocycles. The summed E-state index contributed by atoms with van der Waals surface area (Å²) in [5.74, 6) is 0.101. The first-order valence-corrected chi connectivity index (χ1v) is 6.83. The Labute approximate surface area is 122 Å². The minimum atomic E-state index is 0. The standard InChI is InChI=1S/C15H24N2O.ClH/c1-3-5-10-17(11-6-4-2)15(18)13-8-7-9-14(16)12-13;/h7-9,12H,3-6,10-11,16H2,1-2H3;1H. The molecule has 2 N–H and O–H groups in total. The molecule has 0 aliphatic heterocycles. The van der Waals surface area contributed by atoms with Crippen molar-refractivity contribution >= 4 is 24.0 Å². The molecule has 0 unspecified atom stereocenters. The number of anilines is 1. The second-order valence-electron chi connectivity index (χ2n) is 4.62. The number of amides is 1. The van der Waals surface area contributed by atoms with E-state index in [-0.39, 0.29) is 18.3 Å². The molecular weight excluding hydrogens is 260 g/mol. The van der Waals surface area contributed by atoms with Crippen LogP contribution in [-0.2, 0) is 0 Å². The maximum absolute atomic E-state index is 12.4. The number of nitrogens with two attached hydrogens (primary N) is 1. The normalized spacial score (nSPS) is 9.79. The molecule has 1 amide bonds. The van der Waals surface area contributed by atoms with Crippen LogP contribution < -0.4 is 5.73 Å². The first-order chi connectivity index (χ1) is 8.69. The Bertz CT molecular complexity index is 374. The van der Waals surface area contributed by atoms with E-state index in [0.717, 1.165) is 38.8 Å². The van der Waals surface area contributed by atoms with Gasteiger partial charge in [0, 0.05) is 24.3 Å². The molecule has 0 spiro atoms. The van der Waals surface area contributed by atoms with Gasteiger partial charge in [0.05, 0.1) is 0 Å². The van der Waals surface area contributed by atoms with Gasteiger partial charge >= 0.3 is 0 Å². The predicted octanol–water partition coefficient (Wildman–Crippen LogP) is 3.73. The van der Waals surface area contributed by atoms with Gasteiger partial charge in [-0.1, -0.05) is 32.8 Å². The van der Waals surface area contributed by atoms with Crippen molar-refractivity contribution in [1.29, 1.82) is 0 Å². The van der Waals surface area contributed by atoms with Crippen molar-refractivity contribution in [1.82, 2.24) is 4.90 Å². The van der Waals surface area contributed by atoms with Crippen LogP contribution in [0.15, 0.2) is 24.3 Å². The lowest BCUT2D eigenvalue weighted by molar-refractivity contribution is 0.0751. The largest absolute Gasteiger partial charge is 0.399 e. The third kappa shape index (κ3) is 5.97. The monoisotopic (exact) mass is 284 g/mol. The van der Waals surface area contributed by atoms with E-state index in [1.54, 1.807) is 12.1 Å². The van der Waals surface area contributed by atoms with Crippen LogP contribution in [-0.4, -0.2) is 23.9 Å². The topological polar surface area (TPSA) is 46.3 Å². The van der Waals surface area contributed by atoms with Crippen LogP contribution in [0.3, 0.4) is 0 Å². The third-order valence-corrected chi connectivity index (χ3v) is 2.98. The summed E-state index contributed by atoms with van der Waals surface area (Å²) < 4.78 is 0. The fourth-order valence-corrected chi connectivity index (χ4v) is 1.87. The number of rotatable bonds is 7. The van der Waals surface area contributed by atoms with Crippen molar-refractivity contribution in [2.45, 2.75) is 39.5 Å². The highest BCUT2D eigenvalue weighted by Crippen LogP contribution is 2.11. The second-order valence-corrected chi connectivity index (χ2v) is 4.62. The molecule has 0 fully saturated rings. The number of benzene rings is 1. The minimum absolute atomic E-state index is 0. The van der Waals surface area contributed by atoms with Crippen molar-refractivity contribution < 1.29 is 4.79 Å². The zero-order chi connectivity index (χ0) is 13.4. The highest BCUT2D eigenvalue weighted by atomic mass is 35.5. The number of unbranched alkanes of at least 4 members (excludes halogenated alkanes) is 2. The molecule has 0 atom stereocenters. The van der Waals surface area contributed by atoms with Crippen molar-refractivity contribution in [3.8, 4) is 0 Å². The van der Waals surface area contributed by atoms with Gasteiger partial charge in [0.2, 0.25) is 0 Å². The predicted molar refractivity (Wildman–Crippen MR) is 83.8 cm³/mol. The summed E-state index contributed by atoms with van der Waals surface area (Å²) in [4.78, 5) is 14.3. The lowest BCUT2D eigenvalue weighted by Gasteiger charge is -2.22. The molecule has 0 aliphatic carbocycles. The third-order valence-electron chi connectivity index (χ3n) is 2.98. The molecule has 0 aromatic heterocycles. The van der Waals surface area contributed by atoms with Gasteiger partial charge in [0.15, 0.2) is 0 Å². The van der Waals surface area contributed by atoms with E-state index in [9.17, 15) is 4.79 Å². The van der Waals surface area contributed by atoms with Crippen molar-refractivity contribution in [2.75, 3.05) is 18.8 Å². The lowest BCUT2D eigenvalue weighted by Crippen LogP contribution is -2.33. The van der Waals surface area contributed by atoms with E-state index in [0.29, 0.717) is 11.3 Å². The first kappa shape index (κ1) is 17.8. The Morgan fingerprint density at radius 1 is 1.16 bits per heavy atom. The molecule has 0 radical (unpaired) electrons. The molecule has 1 aromatic rings. The van der Waals surface area contributed by atoms with Gasteiger partial charge in [-0.05, 0) is 31.0 Å². The average Bonchev–Trinajstić information content (AvgIpc) is 2.38. The van der Waals surface area contributed by atoms with Crippen molar-refractivity contribution in [2.24, 2.45) is 0 Å². The summed E-state index contributed by atoms with van der Waals surface area (Å²) >= 11 is 0. The zero-order valence-electron chi connectivity index (χ0n) is 11.9. The van der Waals surface area contributed by atoms with Crippen LogP contribution in [0, 0.1) is 0 Å². The summed E-state index contributed by atoms with van der Waals surface area (Å²) in [6, 6.07) is 7.23. The highest BCUT2D eigenvalue weighted by molar-refractivity contribution is 5.95. The Balaban J connectivity index is 0.00000324. The Hall–Kier alpha value is -1.22. The van der Waals surface area contributed by atoms with Gasteiger partial charge in [-0.3, -0.25) is 4.79 Å². The number of carbonyl (C=O) groups is 1. The quantitative estimate of drug-likeness (QED) is 0.776. The molecule has 0 bridgehead atoms. The average molecular weight is 285 g/mol. The summed E-state index contributed by atoms with van der Waals surface area (Å²) in [6.07, 6.45) is 4.31. The molecular formula is C15H25ClN2O. The summed E-state index contributed by atoms with van der Waals surface area (Å²) in [5, 5.41) is 0. The van der Waals surface area contributed by atoms with E-state index < -0.39 is 0 Å². The molecule has 4 heteroatoms. The molecule has 1 rings (SSSR count). The number of halogens is 1. The fraction of sp³-hybridized carbons (Fsp3) is 0.533. The smallest absolute Gasteiger partial charge is 0.253 e. The molecule has 3 nitrogen and oxygen atoms in total. The molecule has 0 heterocycles. The lowest BCUT2D eigenvalue weighted by atomic mass is 10.1. The van der Waals surface area contributed by atoms with E-state index in [2.05, 4.69) is 13.8 Å². The van der Waals surface area contributed by atoms with Crippen LogP contribution in [0.5, 0.6) is 0 Å². The van der Waals surface area contributed by atoms with Gasteiger partial charge in [-0.15, -0.1) is 12.4 Å². The number of hydrogen-bond donors (Lipinski definition) is 1. The van der Waals surface area contributed by atoms with Crippen LogP contribution in [0.2, 0.25) is 0 Å². The van der Waals surface area contributed by atoms with Gasteiger partial charge in [-0.25, -0.2) is 0 Å². The van der Waals surface area contributed by atoms with Crippen LogP contribution >= 0.6 is 12.4 Å². The van der Waals surface area contributed by atoms with Crippen LogP contribution in [0.25, 0.3) is 0 Å². The Morgan fingerprint density at radius 2 is 1.74 bits per heavy atom. The Kier molecular flexibility index (Phi) is 9.06. The second kappa shape index (κ2) is 9.68.